The summed E-state index contributed by atoms with van der Waals surface area (Å²) in [5.74, 6) is -0.901. The first-order valence-corrected chi connectivity index (χ1v) is 6.21. The minimum Gasteiger partial charge on any atom is -0.481 e. The lowest BCUT2D eigenvalue weighted by atomic mass is 10.00. The van der Waals surface area contributed by atoms with E-state index < -0.39 is 5.97 Å². The molecule has 2 amide bonds. The number of carbonyl (C=O) groups is 2. The third-order valence-corrected chi connectivity index (χ3v) is 3.45. The molecule has 18 heavy (non-hydrogen) atoms. The molecule has 0 spiro atoms. The Labute approximate surface area is 108 Å². The third kappa shape index (κ3) is 3.87. The number of hydrogen-bond donors (Lipinski definition) is 2. The molecule has 1 heterocycles. The molecule has 6 heteroatoms. The minimum atomic E-state index is -0.901. The number of piperazine rings is 1. The molecule has 1 atom stereocenters. The van der Waals surface area contributed by atoms with Gasteiger partial charge in [0.25, 0.3) is 0 Å². The summed E-state index contributed by atoms with van der Waals surface area (Å²) in [6.07, 6.45) is -0.0527. The zero-order chi connectivity index (χ0) is 13.9. The van der Waals surface area contributed by atoms with E-state index in [-0.39, 0.29) is 24.0 Å². The van der Waals surface area contributed by atoms with Gasteiger partial charge in [-0.15, -0.1) is 0 Å². The third-order valence-electron chi connectivity index (χ3n) is 3.45. The molecule has 1 fully saturated rings. The summed E-state index contributed by atoms with van der Waals surface area (Å²) < 4.78 is 0. The molecule has 0 bridgehead atoms. The maximum Gasteiger partial charge on any atom is 0.317 e. The van der Waals surface area contributed by atoms with Gasteiger partial charge in [0.2, 0.25) is 0 Å². The number of nitrogens with zero attached hydrogens (tertiary/aromatic N) is 2. The first-order valence-electron chi connectivity index (χ1n) is 6.21. The zero-order valence-corrected chi connectivity index (χ0v) is 11.6. The number of hydrogen-bond acceptors (Lipinski definition) is 3. The molecule has 0 saturated carbocycles. The van der Waals surface area contributed by atoms with Crippen LogP contribution >= 0.6 is 0 Å². The summed E-state index contributed by atoms with van der Waals surface area (Å²) in [6, 6.07) is -0.525. The van der Waals surface area contributed by atoms with Gasteiger partial charge < -0.3 is 15.3 Å². The van der Waals surface area contributed by atoms with Gasteiger partial charge in [-0.25, -0.2) is 4.79 Å². The Balaban J connectivity index is 2.50. The van der Waals surface area contributed by atoms with Gasteiger partial charge in [0, 0.05) is 31.2 Å². The second-order valence-electron chi connectivity index (χ2n) is 5.60. The SMILES string of the molecule is CC(CC(=O)O)NC(=O)N1CCN(C)C(C)(C)C1. The van der Waals surface area contributed by atoms with Gasteiger partial charge >= 0.3 is 12.0 Å². The summed E-state index contributed by atoms with van der Waals surface area (Å²) in [7, 11) is 2.04. The van der Waals surface area contributed by atoms with E-state index in [4.69, 9.17) is 5.11 Å². The van der Waals surface area contributed by atoms with E-state index in [1.807, 2.05) is 7.05 Å². The van der Waals surface area contributed by atoms with Crippen LogP contribution in [0.5, 0.6) is 0 Å². The van der Waals surface area contributed by atoms with Crippen molar-refractivity contribution >= 4 is 12.0 Å². The van der Waals surface area contributed by atoms with E-state index >= 15 is 0 Å². The Morgan fingerprint density at radius 3 is 2.50 bits per heavy atom. The van der Waals surface area contributed by atoms with Crippen LogP contribution in [0.3, 0.4) is 0 Å². The fourth-order valence-electron chi connectivity index (χ4n) is 2.03. The molecule has 0 aromatic rings. The van der Waals surface area contributed by atoms with Crippen molar-refractivity contribution < 1.29 is 14.7 Å². The minimum absolute atomic E-state index is 0.0500. The zero-order valence-electron chi connectivity index (χ0n) is 11.6. The molecular formula is C12H23N3O3. The fourth-order valence-corrected chi connectivity index (χ4v) is 2.03. The predicted octanol–water partition coefficient (Wildman–Crippen LogP) is 0.585. The monoisotopic (exact) mass is 257 g/mol. The topological polar surface area (TPSA) is 72.9 Å². The average Bonchev–Trinajstić information content (AvgIpc) is 2.20. The summed E-state index contributed by atoms with van der Waals surface area (Å²) >= 11 is 0. The van der Waals surface area contributed by atoms with Crippen LogP contribution in [-0.4, -0.2) is 65.2 Å². The lowest BCUT2D eigenvalue weighted by Crippen LogP contribution is -2.61. The van der Waals surface area contributed by atoms with E-state index in [1.54, 1.807) is 11.8 Å². The van der Waals surface area contributed by atoms with Crippen LogP contribution in [0.25, 0.3) is 0 Å². The van der Waals surface area contributed by atoms with Gasteiger partial charge in [-0.2, -0.15) is 0 Å². The van der Waals surface area contributed by atoms with E-state index in [0.717, 1.165) is 6.54 Å². The number of likely N-dealkylation sites (N-methyl/N-ethyl adjacent to an activating group) is 1. The number of carboxylic acid groups (broad SMARTS) is 1. The van der Waals surface area contributed by atoms with Crippen LogP contribution in [0, 0.1) is 0 Å². The molecule has 0 aromatic heterocycles. The lowest BCUT2D eigenvalue weighted by Gasteiger charge is -2.45. The Hall–Kier alpha value is -1.30. The molecule has 1 rings (SSSR count). The molecular weight excluding hydrogens is 234 g/mol. The highest BCUT2D eigenvalue weighted by atomic mass is 16.4. The molecule has 104 valence electrons. The van der Waals surface area contributed by atoms with Crippen molar-refractivity contribution in [2.45, 2.75) is 38.8 Å². The second-order valence-corrected chi connectivity index (χ2v) is 5.60. The molecule has 1 saturated heterocycles. The number of carbonyl (C=O) groups excluding carboxylic acids is 1. The van der Waals surface area contributed by atoms with Crippen LogP contribution in [0.2, 0.25) is 0 Å². The summed E-state index contributed by atoms with van der Waals surface area (Å²) in [4.78, 5) is 26.5. The number of aliphatic carboxylic acids is 1. The van der Waals surface area contributed by atoms with Crippen molar-refractivity contribution in [2.24, 2.45) is 0 Å². The van der Waals surface area contributed by atoms with E-state index in [9.17, 15) is 9.59 Å². The van der Waals surface area contributed by atoms with Crippen molar-refractivity contribution in [2.75, 3.05) is 26.7 Å². The lowest BCUT2D eigenvalue weighted by molar-refractivity contribution is -0.137. The van der Waals surface area contributed by atoms with Gasteiger partial charge in [0.1, 0.15) is 0 Å². The van der Waals surface area contributed by atoms with E-state index in [1.165, 1.54) is 0 Å². The Kier molecular flexibility index (Phi) is 4.56. The van der Waals surface area contributed by atoms with Crippen LogP contribution in [0.15, 0.2) is 0 Å². The molecule has 1 unspecified atom stereocenters. The molecule has 0 aromatic carbocycles. The number of nitrogens with one attached hydrogen (secondary N) is 1. The molecule has 2 N–H and O–H groups in total. The Bertz CT molecular complexity index is 331. The number of carboxylic acids is 1. The van der Waals surface area contributed by atoms with Gasteiger partial charge in [0.15, 0.2) is 0 Å². The summed E-state index contributed by atoms with van der Waals surface area (Å²) in [5.41, 5.74) is -0.0500. The van der Waals surface area contributed by atoms with E-state index in [2.05, 4.69) is 24.1 Å². The highest BCUT2D eigenvalue weighted by Gasteiger charge is 2.33. The van der Waals surface area contributed by atoms with Gasteiger partial charge in [0.05, 0.1) is 6.42 Å². The molecule has 1 aliphatic rings. The van der Waals surface area contributed by atoms with Crippen LogP contribution in [0.1, 0.15) is 27.2 Å². The molecule has 1 aliphatic heterocycles. The van der Waals surface area contributed by atoms with E-state index in [0.29, 0.717) is 13.1 Å². The van der Waals surface area contributed by atoms with Gasteiger partial charge in [-0.3, -0.25) is 9.69 Å². The van der Waals surface area contributed by atoms with Crippen molar-refractivity contribution in [1.82, 2.24) is 15.1 Å². The summed E-state index contributed by atoms with van der Waals surface area (Å²) in [5, 5.41) is 11.4. The average molecular weight is 257 g/mol. The number of rotatable bonds is 3. The van der Waals surface area contributed by atoms with Crippen molar-refractivity contribution in [3.8, 4) is 0 Å². The first-order chi connectivity index (χ1) is 8.22. The van der Waals surface area contributed by atoms with Gasteiger partial charge in [-0.1, -0.05) is 0 Å². The highest BCUT2D eigenvalue weighted by molar-refractivity contribution is 5.76. The van der Waals surface area contributed by atoms with Crippen LogP contribution in [0.4, 0.5) is 4.79 Å². The molecule has 0 radical (unpaired) electrons. The number of amides is 2. The van der Waals surface area contributed by atoms with Crippen molar-refractivity contribution in [3.05, 3.63) is 0 Å². The highest BCUT2D eigenvalue weighted by Crippen LogP contribution is 2.18. The standard InChI is InChI=1S/C12H23N3O3/c1-9(7-10(16)17)13-11(18)15-6-5-14(4)12(2,3)8-15/h9H,5-8H2,1-4H3,(H,13,18)(H,16,17). The predicted molar refractivity (Wildman–Crippen MR) is 68.5 cm³/mol. The largest absolute Gasteiger partial charge is 0.481 e. The Morgan fingerprint density at radius 2 is 2.00 bits per heavy atom. The van der Waals surface area contributed by atoms with Crippen molar-refractivity contribution in [1.29, 1.82) is 0 Å². The number of urea groups is 1. The van der Waals surface area contributed by atoms with Gasteiger partial charge in [-0.05, 0) is 27.8 Å². The normalized spacial score (nSPS) is 21.4. The maximum absolute atomic E-state index is 12.0. The second kappa shape index (κ2) is 5.56. The molecule has 6 nitrogen and oxygen atoms in total. The summed E-state index contributed by atoms with van der Waals surface area (Å²) in [6.45, 7) is 8.03. The smallest absolute Gasteiger partial charge is 0.317 e. The maximum atomic E-state index is 12.0. The van der Waals surface area contributed by atoms with Crippen LogP contribution < -0.4 is 5.32 Å². The first kappa shape index (κ1) is 14.8. The van der Waals surface area contributed by atoms with Crippen LogP contribution in [-0.2, 0) is 4.79 Å². The molecule has 0 aliphatic carbocycles. The Morgan fingerprint density at radius 1 is 1.39 bits per heavy atom. The fraction of sp³-hybridized carbons (Fsp3) is 0.833. The quantitative estimate of drug-likeness (QED) is 0.776. The van der Waals surface area contributed by atoms with Crippen molar-refractivity contribution in [3.63, 3.8) is 0 Å².